The molecule has 4 N–H and O–H groups in total. The van der Waals surface area contributed by atoms with Crippen LogP contribution in [0.3, 0.4) is 0 Å². The van der Waals surface area contributed by atoms with Crippen molar-refractivity contribution in [3.8, 4) is 22.9 Å². The molecule has 3 heterocycles. The van der Waals surface area contributed by atoms with Gasteiger partial charge in [-0.3, -0.25) is 9.36 Å². The number of nitrogen functional groups attached to an aromatic ring is 2. The lowest BCUT2D eigenvalue weighted by molar-refractivity contribution is 0.00578. The summed E-state index contributed by atoms with van der Waals surface area (Å²) in [5.74, 6) is 1.16. The molecule has 12 nitrogen and oxygen atoms in total. The van der Waals surface area contributed by atoms with Crippen molar-refractivity contribution in [3.05, 3.63) is 53.3 Å². The van der Waals surface area contributed by atoms with E-state index in [9.17, 15) is 9.13 Å². The van der Waals surface area contributed by atoms with Gasteiger partial charge in [0.1, 0.15) is 14.3 Å². The van der Waals surface area contributed by atoms with Crippen LogP contribution < -0.4 is 37.0 Å². The number of hydrogen-bond donors (Lipinski definition) is 2. The highest BCUT2D eigenvalue weighted by atomic mass is 79.9. The Morgan fingerprint density at radius 1 is 0.771 bits per heavy atom. The number of aromatic nitrogens is 4. The number of benzene rings is 2. The van der Waals surface area contributed by atoms with Crippen LogP contribution in [0.25, 0.3) is 11.1 Å². The van der Waals surface area contributed by atoms with Crippen molar-refractivity contribution in [1.82, 2.24) is 19.6 Å². The van der Waals surface area contributed by atoms with E-state index in [0.717, 1.165) is 21.1 Å². The summed E-state index contributed by atoms with van der Waals surface area (Å²) in [6.07, 6.45) is 3.70. The zero-order valence-corrected chi connectivity index (χ0v) is 33.2. The third-order valence-electron chi connectivity index (χ3n) is 8.02. The normalized spacial score (nSPS) is 15.2. The second kappa shape index (κ2) is 14.8. The molecule has 2 aromatic carbocycles. The van der Waals surface area contributed by atoms with Crippen LogP contribution in [0, 0.1) is 0 Å². The topological polar surface area (TPSA) is 159 Å². The number of anilines is 2. The standard InChI is InChI=1S/C14H23BNO3P.C13H18N3O2P.C5H7BrN2O/c1-13(2)14(3,4)19-15(18-13)10-7-8-11(16)12(9-10)20(5,6)17;1-16-8-10(13(15-16)18-2)9-5-6-11(14)12(7-9)19(3,4)17;1-8-3-4(6)5(7-8)9-2/h7-9H,16H2,1-6H3;5-8H,14H2,1-4H3;3H,1-2H3. The predicted molar refractivity (Wildman–Crippen MR) is 202 cm³/mol. The van der Waals surface area contributed by atoms with Gasteiger partial charge in [0.25, 0.3) is 0 Å². The van der Waals surface area contributed by atoms with E-state index in [2.05, 4.69) is 26.1 Å². The highest BCUT2D eigenvalue weighted by molar-refractivity contribution is 9.10. The lowest BCUT2D eigenvalue weighted by Gasteiger charge is -2.32. The number of methoxy groups -OCH3 is 2. The molecule has 48 heavy (non-hydrogen) atoms. The van der Waals surface area contributed by atoms with E-state index >= 15 is 0 Å². The minimum absolute atomic E-state index is 0.388. The average molecular weight is 765 g/mol. The number of halogens is 1. The largest absolute Gasteiger partial charge is 0.494 e. The Bertz CT molecular complexity index is 1830. The molecule has 1 aliphatic rings. The summed E-state index contributed by atoms with van der Waals surface area (Å²) in [7, 11) is 1.55. The summed E-state index contributed by atoms with van der Waals surface area (Å²) in [6.45, 7) is 14.9. The Labute approximate surface area is 292 Å². The minimum atomic E-state index is -2.42. The molecule has 4 aromatic rings. The molecule has 16 heteroatoms. The molecule has 2 aromatic heterocycles. The third-order valence-corrected chi connectivity index (χ3v) is 11.7. The summed E-state index contributed by atoms with van der Waals surface area (Å²) in [5.41, 5.74) is 14.8. The van der Waals surface area contributed by atoms with E-state index in [1.54, 1.807) is 62.4 Å². The van der Waals surface area contributed by atoms with Gasteiger partial charge in [0.15, 0.2) is 0 Å². The zero-order chi connectivity index (χ0) is 36.4. The van der Waals surface area contributed by atoms with Gasteiger partial charge in [-0.2, -0.15) is 0 Å². The van der Waals surface area contributed by atoms with E-state index < -0.39 is 21.4 Å². The Morgan fingerprint density at radius 2 is 1.23 bits per heavy atom. The van der Waals surface area contributed by atoms with Gasteiger partial charge in [-0.05, 0) is 106 Å². The lowest BCUT2D eigenvalue weighted by atomic mass is 9.79. The first-order chi connectivity index (χ1) is 22.0. The van der Waals surface area contributed by atoms with Gasteiger partial charge in [-0.15, -0.1) is 10.2 Å². The minimum Gasteiger partial charge on any atom is -0.479 e. The SMILES string of the molecule is CC1(C)OB(c2ccc(N)c(P(C)(C)=O)c2)OC1(C)C.COc1nn(C)cc1-c1ccc(N)c(P(C)(C)=O)c1.COc1nn(C)cc1Br. The molecule has 0 radical (unpaired) electrons. The molecular weight excluding hydrogens is 717 g/mol. The molecule has 1 aliphatic heterocycles. The van der Waals surface area contributed by atoms with Crippen LogP contribution in [0.5, 0.6) is 11.8 Å². The van der Waals surface area contributed by atoms with E-state index in [4.69, 9.17) is 30.2 Å². The van der Waals surface area contributed by atoms with Crippen molar-refractivity contribution in [2.75, 3.05) is 52.3 Å². The maximum absolute atomic E-state index is 12.3. The van der Waals surface area contributed by atoms with Crippen LogP contribution in [0.15, 0.2) is 53.3 Å². The monoisotopic (exact) mass is 764 g/mol. The van der Waals surface area contributed by atoms with E-state index in [-0.39, 0.29) is 11.2 Å². The Hall–Kier alpha value is -3.02. The second-order valence-corrected chi connectivity index (χ2v) is 20.5. The second-order valence-electron chi connectivity index (χ2n) is 13.3. The van der Waals surface area contributed by atoms with Crippen LogP contribution in [-0.2, 0) is 32.5 Å². The fourth-order valence-corrected chi connectivity index (χ4v) is 7.56. The first-order valence-corrected chi connectivity index (χ1v) is 21.1. The van der Waals surface area contributed by atoms with Crippen molar-refractivity contribution >= 4 is 64.8 Å². The molecule has 0 saturated carbocycles. The first kappa shape index (κ1) is 39.4. The van der Waals surface area contributed by atoms with E-state index in [1.807, 2.05) is 78.4 Å². The first-order valence-electron chi connectivity index (χ1n) is 15.1. The van der Waals surface area contributed by atoms with Gasteiger partial charge in [0, 0.05) is 48.5 Å². The Morgan fingerprint density at radius 3 is 1.67 bits per heavy atom. The van der Waals surface area contributed by atoms with Crippen LogP contribution in [0.4, 0.5) is 11.4 Å². The molecular formula is C32H48BBrN6O6P2. The Kier molecular flexibility index (Phi) is 12.2. The molecule has 1 fully saturated rings. The molecule has 0 bridgehead atoms. The number of aryl methyl sites for hydroxylation is 2. The van der Waals surface area contributed by atoms with Gasteiger partial charge in [0.2, 0.25) is 11.8 Å². The molecule has 0 atom stereocenters. The van der Waals surface area contributed by atoms with Crippen LogP contribution in [-0.4, -0.2) is 78.8 Å². The fourth-order valence-electron chi connectivity index (χ4n) is 4.72. The Balaban J connectivity index is 0.000000209. The fraction of sp³-hybridized carbons (Fsp3) is 0.438. The molecule has 5 rings (SSSR count). The highest BCUT2D eigenvalue weighted by Gasteiger charge is 2.51. The molecule has 0 amide bonds. The summed E-state index contributed by atoms with van der Waals surface area (Å²) in [5, 5.41) is 9.57. The number of ether oxygens (including phenoxy) is 2. The van der Waals surface area contributed by atoms with Crippen LogP contribution >= 0.6 is 30.2 Å². The predicted octanol–water partition coefficient (Wildman–Crippen LogP) is 4.93. The van der Waals surface area contributed by atoms with Gasteiger partial charge < -0.3 is 39.4 Å². The van der Waals surface area contributed by atoms with Gasteiger partial charge >= 0.3 is 7.12 Å². The molecule has 0 aliphatic carbocycles. The summed E-state index contributed by atoms with van der Waals surface area (Å²) < 4.78 is 50.9. The van der Waals surface area contributed by atoms with Crippen molar-refractivity contribution in [1.29, 1.82) is 0 Å². The zero-order valence-electron chi connectivity index (χ0n) is 29.9. The molecule has 0 spiro atoms. The quantitative estimate of drug-likeness (QED) is 0.157. The van der Waals surface area contributed by atoms with Crippen molar-refractivity contribution in [2.24, 2.45) is 14.1 Å². The summed E-state index contributed by atoms with van der Waals surface area (Å²) in [6, 6.07) is 11.0. The van der Waals surface area contributed by atoms with Gasteiger partial charge in [-0.25, -0.2) is 0 Å². The maximum atomic E-state index is 12.3. The van der Waals surface area contributed by atoms with Gasteiger partial charge in [0.05, 0.1) is 35.5 Å². The van der Waals surface area contributed by atoms with Crippen LogP contribution in [0.1, 0.15) is 27.7 Å². The van der Waals surface area contributed by atoms with E-state index in [1.165, 1.54) is 0 Å². The van der Waals surface area contributed by atoms with Crippen LogP contribution in [0.2, 0.25) is 0 Å². The number of nitrogens with zero attached hydrogens (tertiary/aromatic N) is 4. The lowest BCUT2D eigenvalue weighted by Crippen LogP contribution is -2.41. The van der Waals surface area contributed by atoms with E-state index in [0.29, 0.717) is 33.7 Å². The smallest absolute Gasteiger partial charge is 0.479 e. The molecule has 262 valence electrons. The van der Waals surface area contributed by atoms with Crippen molar-refractivity contribution < 1.29 is 27.9 Å². The van der Waals surface area contributed by atoms with Crippen molar-refractivity contribution in [2.45, 2.75) is 38.9 Å². The van der Waals surface area contributed by atoms with Gasteiger partial charge in [-0.1, -0.05) is 12.1 Å². The number of rotatable bonds is 6. The number of nitrogens with two attached hydrogens (primary N) is 2. The highest BCUT2D eigenvalue weighted by Crippen LogP contribution is 2.40. The molecule has 1 saturated heterocycles. The maximum Gasteiger partial charge on any atom is 0.494 e. The van der Waals surface area contributed by atoms with Crippen molar-refractivity contribution in [3.63, 3.8) is 0 Å². The summed E-state index contributed by atoms with van der Waals surface area (Å²) in [4.78, 5) is 0. The molecule has 0 unspecified atom stereocenters. The third kappa shape index (κ3) is 9.36. The summed E-state index contributed by atoms with van der Waals surface area (Å²) >= 11 is 3.27. The average Bonchev–Trinajstić information content (AvgIpc) is 3.58. The number of hydrogen-bond acceptors (Lipinski definition) is 10.